The van der Waals surface area contributed by atoms with Gasteiger partial charge >= 0.3 is 0 Å². The maximum atomic E-state index is 12.8. The molecule has 2 aromatic heterocycles. The molecule has 0 spiro atoms. The number of rotatable bonds is 8. The van der Waals surface area contributed by atoms with Crippen LogP contribution in [0.1, 0.15) is 28.9 Å². The third-order valence-electron chi connectivity index (χ3n) is 4.28. The summed E-state index contributed by atoms with van der Waals surface area (Å²) in [4.78, 5) is 18.7. The standard InChI is InChI=1S/C22H24N2O3/c1-17-7-8-21(18(2)13-17)27-12-9-22(25)24(16-20-6-4-11-26-20)15-19-5-3-10-23-14-19/h3-8,10-11,13-14H,9,12,15-16H2,1-2H3. The van der Waals surface area contributed by atoms with E-state index in [1.165, 1.54) is 5.56 Å². The van der Waals surface area contributed by atoms with Gasteiger partial charge in [-0.15, -0.1) is 0 Å². The Morgan fingerprint density at radius 1 is 1.15 bits per heavy atom. The summed E-state index contributed by atoms with van der Waals surface area (Å²) in [7, 11) is 0. The summed E-state index contributed by atoms with van der Waals surface area (Å²) in [5, 5.41) is 0. The van der Waals surface area contributed by atoms with Crippen molar-refractivity contribution in [3.8, 4) is 5.75 Å². The van der Waals surface area contributed by atoms with E-state index in [1.807, 2.05) is 50.2 Å². The predicted molar refractivity (Wildman–Crippen MR) is 103 cm³/mol. The monoisotopic (exact) mass is 364 g/mol. The number of amides is 1. The van der Waals surface area contributed by atoms with Crippen molar-refractivity contribution in [1.29, 1.82) is 0 Å². The summed E-state index contributed by atoms with van der Waals surface area (Å²) in [6.45, 7) is 5.30. The minimum Gasteiger partial charge on any atom is -0.493 e. The quantitative estimate of drug-likeness (QED) is 0.598. The summed E-state index contributed by atoms with van der Waals surface area (Å²) < 4.78 is 11.2. The normalized spacial score (nSPS) is 10.6. The molecular weight excluding hydrogens is 340 g/mol. The van der Waals surface area contributed by atoms with E-state index >= 15 is 0 Å². The van der Waals surface area contributed by atoms with Crippen LogP contribution < -0.4 is 4.74 Å². The van der Waals surface area contributed by atoms with Crippen LogP contribution in [-0.2, 0) is 17.9 Å². The van der Waals surface area contributed by atoms with Gasteiger partial charge in [0.2, 0.25) is 5.91 Å². The molecule has 0 saturated heterocycles. The van der Waals surface area contributed by atoms with Gasteiger partial charge in [-0.1, -0.05) is 23.8 Å². The largest absolute Gasteiger partial charge is 0.493 e. The molecule has 3 aromatic rings. The molecule has 5 heteroatoms. The van der Waals surface area contributed by atoms with Crippen molar-refractivity contribution in [2.24, 2.45) is 0 Å². The first-order chi connectivity index (χ1) is 13.1. The van der Waals surface area contributed by atoms with Gasteiger partial charge in [0.25, 0.3) is 0 Å². The number of hydrogen-bond acceptors (Lipinski definition) is 4. The number of nitrogens with zero attached hydrogens (tertiary/aromatic N) is 2. The van der Waals surface area contributed by atoms with Gasteiger partial charge in [-0.2, -0.15) is 0 Å². The lowest BCUT2D eigenvalue weighted by molar-refractivity contribution is -0.133. The van der Waals surface area contributed by atoms with E-state index in [1.54, 1.807) is 23.6 Å². The molecule has 0 unspecified atom stereocenters. The molecule has 0 bridgehead atoms. The number of ether oxygens (including phenoxy) is 1. The van der Waals surface area contributed by atoms with Crippen LogP contribution in [0.5, 0.6) is 5.75 Å². The lowest BCUT2D eigenvalue weighted by atomic mass is 10.1. The number of pyridine rings is 1. The van der Waals surface area contributed by atoms with Gasteiger partial charge in [0.05, 0.1) is 25.8 Å². The number of benzene rings is 1. The first kappa shape index (κ1) is 18.7. The summed E-state index contributed by atoms with van der Waals surface area (Å²) >= 11 is 0. The van der Waals surface area contributed by atoms with E-state index in [4.69, 9.17) is 9.15 Å². The number of carbonyl (C=O) groups excluding carboxylic acids is 1. The minimum atomic E-state index is 0.0139. The highest BCUT2D eigenvalue weighted by Crippen LogP contribution is 2.19. The lowest BCUT2D eigenvalue weighted by Gasteiger charge is -2.22. The number of furan rings is 1. The average molecular weight is 364 g/mol. The number of hydrogen-bond donors (Lipinski definition) is 0. The molecule has 1 aromatic carbocycles. The molecule has 0 aliphatic carbocycles. The summed E-state index contributed by atoms with van der Waals surface area (Å²) in [5.41, 5.74) is 3.25. The van der Waals surface area contributed by atoms with Gasteiger partial charge in [-0.25, -0.2) is 0 Å². The van der Waals surface area contributed by atoms with Crippen molar-refractivity contribution in [2.45, 2.75) is 33.4 Å². The van der Waals surface area contributed by atoms with E-state index in [0.717, 1.165) is 22.6 Å². The number of aryl methyl sites for hydroxylation is 2. The molecule has 0 aliphatic heterocycles. The molecule has 0 saturated carbocycles. The fraction of sp³-hybridized carbons (Fsp3) is 0.273. The predicted octanol–water partition coefficient (Wildman–Crippen LogP) is 4.29. The van der Waals surface area contributed by atoms with Crippen LogP contribution in [0.25, 0.3) is 0 Å². The molecule has 1 amide bonds. The van der Waals surface area contributed by atoms with Crippen LogP contribution in [0.4, 0.5) is 0 Å². The van der Waals surface area contributed by atoms with Crippen molar-refractivity contribution in [3.63, 3.8) is 0 Å². The average Bonchev–Trinajstić information content (AvgIpc) is 3.17. The Bertz CT molecular complexity index is 861. The zero-order chi connectivity index (χ0) is 19.1. The van der Waals surface area contributed by atoms with Crippen molar-refractivity contribution in [2.75, 3.05) is 6.61 Å². The Morgan fingerprint density at radius 2 is 2.04 bits per heavy atom. The van der Waals surface area contributed by atoms with Crippen molar-refractivity contribution in [3.05, 3.63) is 83.6 Å². The first-order valence-corrected chi connectivity index (χ1v) is 9.01. The van der Waals surface area contributed by atoms with Crippen LogP contribution in [0.2, 0.25) is 0 Å². The lowest BCUT2D eigenvalue weighted by Crippen LogP contribution is -2.31. The smallest absolute Gasteiger partial charge is 0.226 e. The Labute approximate surface area is 159 Å². The van der Waals surface area contributed by atoms with Crippen LogP contribution >= 0.6 is 0 Å². The van der Waals surface area contributed by atoms with E-state index in [9.17, 15) is 4.79 Å². The maximum absolute atomic E-state index is 12.8. The first-order valence-electron chi connectivity index (χ1n) is 9.01. The Morgan fingerprint density at radius 3 is 2.74 bits per heavy atom. The molecule has 0 aliphatic rings. The highest BCUT2D eigenvalue weighted by atomic mass is 16.5. The molecule has 27 heavy (non-hydrogen) atoms. The van der Waals surface area contributed by atoms with E-state index < -0.39 is 0 Å². The maximum Gasteiger partial charge on any atom is 0.226 e. The van der Waals surface area contributed by atoms with Crippen LogP contribution in [0, 0.1) is 13.8 Å². The third kappa shape index (κ3) is 5.45. The van der Waals surface area contributed by atoms with E-state index in [-0.39, 0.29) is 5.91 Å². The second-order valence-electron chi connectivity index (χ2n) is 6.56. The molecule has 3 rings (SSSR count). The molecule has 0 radical (unpaired) electrons. The Hall–Kier alpha value is -3.08. The summed E-state index contributed by atoms with van der Waals surface area (Å²) in [6, 6.07) is 13.6. The second-order valence-corrected chi connectivity index (χ2v) is 6.56. The van der Waals surface area contributed by atoms with E-state index in [0.29, 0.717) is 26.1 Å². The Kier molecular flexibility index (Phi) is 6.26. The third-order valence-corrected chi connectivity index (χ3v) is 4.28. The number of aromatic nitrogens is 1. The SMILES string of the molecule is Cc1ccc(OCCC(=O)N(Cc2cccnc2)Cc2ccco2)c(C)c1. The van der Waals surface area contributed by atoms with Gasteiger partial charge in [-0.3, -0.25) is 9.78 Å². The molecule has 0 fully saturated rings. The van der Waals surface area contributed by atoms with Gasteiger partial charge in [0.1, 0.15) is 11.5 Å². The van der Waals surface area contributed by atoms with Crippen molar-refractivity contribution in [1.82, 2.24) is 9.88 Å². The zero-order valence-corrected chi connectivity index (χ0v) is 15.7. The molecular formula is C22H24N2O3. The van der Waals surface area contributed by atoms with E-state index in [2.05, 4.69) is 11.1 Å². The molecule has 5 nitrogen and oxygen atoms in total. The highest BCUT2D eigenvalue weighted by Gasteiger charge is 2.16. The second kappa shape index (κ2) is 9.03. The fourth-order valence-corrected chi connectivity index (χ4v) is 2.90. The zero-order valence-electron chi connectivity index (χ0n) is 15.7. The van der Waals surface area contributed by atoms with Crippen LogP contribution in [0.3, 0.4) is 0 Å². The Balaban J connectivity index is 1.61. The molecule has 140 valence electrons. The number of carbonyl (C=O) groups is 1. The van der Waals surface area contributed by atoms with Gasteiger partial charge in [-0.05, 0) is 49.2 Å². The topological polar surface area (TPSA) is 55.6 Å². The van der Waals surface area contributed by atoms with Crippen LogP contribution in [0.15, 0.2) is 65.5 Å². The molecule has 0 N–H and O–H groups in total. The van der Waals surface area contributed by atoms with Crippen LogP contribution in [-0.4, -0.2) is 22.4 Å². The minimum absolute atomic E-state index is 0.0139. The molecule has 0 atom stereocenters. The van der Waals surface area contributed by atoms with Gasteiger partial charge in [0, 0.05) is 18.9 Å². The highest BCUT2D eigenvalue weighted by molar-refractivity contribution is 5.76. The summed E-state index contributed by atoms with van der Waals surface area (Å²) in [5.74, 6) is 1.58. The van der Waals surface area contributed by atoms with Crippen molar-refractivity contribution < 1.29 is 13.9 Å². The molecule has 2 heterocycles. The van der Waals surface area contributed by atoms with Crippen molar-refractivity contribution >= 4 is 5.91 Å². The fourth-order valence-electron chi connectivity index (χ4n) is 2.90. The summed E-state index contributed by atoms with van der Waals surface area (Å²) in [6.07, 6.45) is 5.41. The van der Waals surface area contributed by atoms with Gasteiger partial charge < -0.3 is 14.1 Å². The van der Waals surface area contributed by atoms with Gasteiger partial charge in [0.15, 0.2) is 0 Å².